The third-order valence-electron chi connectivity index (χ3n) is 3.01. The highest BCUT2D eigenvalue weighted by Gasteiger charge is 2.45. The Labute approximate surface area is 81.4 Å². The van der Waals surface area contributed by atoms with Crippen LogP contribution in [-0.4, -0.2) is 11.1 Å². The molecule has 2 rings (SSSR count). The van der Waals surface area contributed by atoms with E-state index in [1.807, 2.05) is 0 Å². The topological polar surface area (TPSA) is 37.3 Å². The number of hydrogen-bond acceptors (Lipinski definition) is 1. The van der Waals surface area contributed by atoms with Gasteiger partial charge < -0.3 is 5.11 Å². The van der Waals surface area contributed by atoms with Gasteiger partial charge in [0.2, 0.25) is 0 Å². The molecular weight excluding hydrogens is 183 g/mol. The number of benzene rings is 1. The molecule has 0 atom stereocenters. The van der Waals surface area contributed by atoms with Crippen molar-refractivity contribution >= 4 is 5.97 Å². The number of carbonyl (C=O) groups is 1. The Morgan fingerprint density at radius 2 is 1.86 bits per heavy atom. The van der Waals surface area contributed by atoms with Gasteiger partial charge in [-0.05, 0) is 30.5 Å². The summed E-state index contributed by atoms with van der Waals surface area (Å²) in [4.78, 5) is 11.1. The van der Waals surface area contributed by atoms with Crippen molar-refractivity contribution < 1.29 is 14.3 Å². The molecule has 0 unspecified atom stereocenters. The van der Waals surface area contributed by atoms with Crippen molar-refractivity contribution in [3.05, 3.63) is 35.6 Å². The Hall–Kier alpha value is -1.38. The molecule has 0 bridgehead atoms. The minimum absolute atomic E-state index is 0.325. The Bertz CT molecular complexity index is 352. The van der Waals surface area contributed by atoms with Crippen LogP contribution in [0.25, 0.3) is 0 Å². The molecule has 0 aliphatic heterocycles. The minimum atomic E-state index is -0.796. The highest BCUT2D eigenvalue weighted by molar-refractivity contribution is 5.82. The van der Waals surface area contributed by atoms with Crippen molar-refractivity contribution in [3.63, 3.8) is 0 Å². The highest BCUT2D eigenvalue weighted by atomic mass is 19.1. The van der Waals surface area contributed by atoms with Crippen LogP contribution in [0, 0.1) is 5.82 Å². The van der Waals surface area contributed by atoms with Crippen LogP contribution in [-0.2, 0) is 10.2 Å². The van der Waals surface area contributed by atoms with E-state index >= 15 is 0 Å². The lowest BCUT2D eigenvalue weighted by molar-refractivity contribution is -0.147. The van der Waals surface area contributed by atoms with Crippen LogP contribution < -0.4 is 0 Å². The molecule has 1 aliphatic carbocycles. The quantitative estimate of drug-likeness (QED) is 0.784. The number of rotatable bonds is 2. The van der Waals surface area contributed by atoms with Gasteiger partial charge >= 0.3 is 5.97 Å². The fourth-order valence-corrected chi connectivity index (χ4v) is 1.93. The average Bonchev–Trinajstić information content (AvgIpc) is 2.05. The van der Waals surface area contributed by atoms with E-state index in [-0.39, 0.29) is 5.82 Å². The Balaban J connectivity index is 2.37. The lowest BCUT2D eigenvalue weighted by Gasteiger charge is -2.38. The van der Waals surface area contributed by atoms with Crippen LogP contribution in [0.2, 0.25) is 0 Å². The van der Waals surface area contributed by atoms with Crippen molar-refractivity contribution in [1.29, 1.82) is 0 Å². The van der Waals surface area contributed by atoms with E-state index < -0.39 is 11.4 Å². The number of hydrogen-bond donors (Lipinski definition) is 1. The second-order valence-electron chi connectivity index (χ2n) is 3.75. The van der Waals surface area contributed by atoms with Gasteiger partial charge in [0.15, 0.2) is 0 Å². The standard InChI is InChI=1S/C11H11FO2/c12-9-4-2-8(3-5-9)11(10(13)14)6-1-7-11/h2-5H,1,6-7H2,(H,13,14). The van der Waals surface area contributed by atoms with Gasteiger partial charge in [-0.15, -0.1) is 0 Å². The maximum absolute atomic E-state index is 12.7. The molecule has 74 valence electrons. The molecule has 0 aromatic heterocycles. The first-order valence-corrected chi connectivity index (χ1v) is 4.65. The minimum Gasteiger partial charge on any atom is -0.481 e. The third-order valence-corrected chi connectivity index (χ3v) is 3.01. The van der Waals surface area contributed by atoms with Gasteiger partial charge in [-0.3, -0.25) is 4.79 Å². The Morgan fingerprint density at radius 3 is 2.21 bits per heavy atom. The van der Waals surface area contributed by atoms with E-state index in [0.717, 1.165) is 12.0 Å². The SMILES string of the molecule is O=C(O)C1(c2ccc(F)cc2)CCC1. The van der Waals surface area contributed by atoms with Crippen molar-refractivity contribution in [2.24, 2.45) is 0 Å². The van der Waals surface area contributed by atoms with Crippen molar-refractivity contribution in [2.75, 3.05) is 0 Å². The van der Waals surface area contributed by atoms with Gasteiger partial charge in [0, 0.05) is 0 Å². The number of carboxylic acids is 1. The normalized spacial score (nSPS) is 18.6. The first kappa shape index (κ1) is 9.19. The summed E-state index contributed by atoms with van der Waals surface area (Å²) < 4.78 is 12.7. The second-order valence-corrected chi connectivity index (χ2v) is 3.75. The highest BCUT2D eigenvalue weighted by Crippen LogP contribution is 2.43. The molecule has 0 amide bonds. The molecular formula is C11H11FO2. The van der Waals surface area contributed by atoms with E-state index in [1.54, 1.807) is 12.1 Å². The monoisotopic (exact) mass is 194 g/mol. The Kier molecular flexibility index (Phi) is 2.02. The van der Waals surface area contributed by atoms with E-state index in [2.05, 4.69) is 0 Å². The lowest BCUT2D eigenvalue weighted by atomic mass is 9.64. The fourth-order valence-electron chi connectivity index (χ4n) is 1.93. The molecule has 0 heterocycles. The molecule has 1 N–H and O–H groups in total. The molecule has 1 aliphatic rings. The molecule has 1 fully saturated rings. The van der Waals surface area contributed by atoms with Crippen molar-refractivity contribution in [2.45, 2.75) is 24.7 Å². The molecule has 14 heavy (non-hydrogen) atoms. The smallest absolute Gasteiger partial charge is 0.314 e. The molecule has 2 nitrogen and oxygen atoms in total. The summed E-state index contributed by atoms with van der Waals surface area (Å²) in [6.07, 6.45) is 2.26. The van der Waals surface area contributed by atoms with Crippen molar-refractivity contribution in [3.8, 4) is 0 Å². The molecule has 0 saturated heterocycles. The zero-order valence-electron chi connectivity index (χ0n) is 7.66. The van der Waals surface area contributed by atoms with Gasteiger partial charge in [-0.25, -0.2) is 4.39 Å². The van der Waals surface area contributed by atoms with Crippen LogP contribution in [0.4, 0.5) is 4.39 Å². The average molecular weight is 194 g/mol. The summed E-state index contributed by atoms with van der Waals surface area (Å²) in [5, 5.41) is 9.11. The maximum atomic E-state index is 12.7. The number of halogens is 1. The van der Waals surface area contributed by atoms with Crippen LogP contribution in [0.15, 0.2) is 24.3 Å². The zero-order valence-corrected chi connectivity index (χ0v) is 7.66. The first-order chi connectivity index (χ1) is 6.65. The summed E-state index contributed by atoms with van der Waals surface area (Å²) in [6.45, 7) is 0. The van der Waals surface area contributed by atoms with Gasteiger partial charge in [0.05, 0.1) is 5.41 Å². The van der Waals surface area contributed by atoms with Gasteiger partial charge in [-0.2, -0.15) is 0 Å². The number of carboxylic acid groups (broad SMARTS) is 1. The lowest BCUT2D eigenvalue weighted by Crippen LogP contribution is -2.42. The second kappa shape index (κ2) is 3.08. The maximum Gasteiger partial charge on any atom is 0.314 e. The predicted molar refractivity (Wildman–Crippen MR) is 49.6 cm³/mol. The van der Waals surface area contributed by atoms with Crippen LogP contribution in [0.5, 0.6) is 0 Å². The predicted octanol–water partition coefficient (Wildman–Crippen LogP) is 2.33. The number of aliphatic carboxylic acids is 1. The molecule has 3 heteroatoms. The molecule has 1 saturated carbocycles. The van der Waals surface area contributed by atoms with E-state index in [1.165, 1.54) is 12.1 Å². The van der Waals surface area contributed by atoms with Gasteiger partial charge in [-0.1, -0.05) is 18.6 Å². The van der Waals surface area contributed by atoms with Crippen LogP contribution in [0.1, 0.15) is 24.8 Å². The first-order valence-electron chi connectivity index (χ1n) is 4.65. The van der Waals surface area contributed by atoms with Crippen LogP contribution >= 0.6 is 0 Å². The van der Waals surface area contributed by atoms with Gasteiger partial charge in [0.1, 0.15) is 5.82 Å². The summed E-state index contributed by atoms with van der Waals surface area (Å²) in [6, 6.07) is 5.78. The third kappa shape index (κ3) is 1.20. The van der Waals surface area contributed by atoms with Crippen molar-refractivity contribution in [1.82, 2.24) is 0 Å². The summed E-state index contributed by atoms with van der Waals surface area (Å²) >= 11 is 0. The van der Waals surface area contributed by atoms with Gasteiger partial charge in [0.25, 0.3) is 0 Å². The molecule has 0 radical (unpaired) electrons. The van der Waals surface area contributed by atoms with Crippen LogP contribution in [0.3, 0.4) is 0 Å². The summed E-state index contributed by atoms with van der Waals surface area (Å²) in [5.74, 6) is -1.12. The molecule has 1 aromatic carbocycles. The summed E-state index contributed by atoms with van der Waals surface area (Å²) in [5.41, 5.74) is -0.0223. The van der Waals surface area contributed by atoms with E-state index in [9.17, 15) is 9.18 Å². The Morgan fingerprint density at radius 1 is 1.29 bits per heavy atom. The zero-order chi connectivity index (χ0) is 10.2. The van der Waals surface area contributed by atoms with E-state index in [4.69, 9.17) is 5.11 Å². The molecule has 0 spiro atoms. The largest absolute Gasteiger partial charge is 0.481 e. The molecule has 1 aromatic rings. The summed E-state index contributed by atoms with van der Waals surface area (Å²) in [7, 11) is 0. The fraction of sp³-hybridized carbons (Fsp3) is 0.364. The van der Waals surface area contributed by atoms with E-state index in [0.29, 0.717) is 12.8 Å².